The number of aliphatic hydroxyl groups is 2. The Morgan fingerprint density at radius 1 is 1.08 bits per heavy atom. The van der Waals surface area contributed by atoms with E-state index in [-0.39, 0.29) is 30.8 Å². The highest BCUT2D eigenvalue weighted by atomic mass is 16.6. The van der Waals surface area contributed by atoms with E-state index in [1.807, 2.05) is 0 Å². The van der Waals surface area contributed by atoms with E-state index in [1.165, 1.54) is 0 Å². The number of rotatable bonds is 17. The molecule has 8 heteroatoms. The molecule has 0 bridgehead atoms. The van der Waals surface area contributed by atoms with E-state index in [9.17, 15) is 5.11 Å². The van der Waals surface area contributed by atoms with Crippen molar-refractivity contribution in [1.29, 1.82) is 0 Å². The smallest absolute Gasteiger partial charge is 0.104 e. The summed E-state index contributed by atoms with van der Waals surface area (Å²) >= 11 is 0. The van der Waals surface area contributed by atoms with Gasteiger partial charge in [-0.3, -0.25) is 0 Å². The van der Waals surface area contributed by atoms with E-state index in [1.54, 1.807) is 0 Å². The summed E-state index contributed by atoms with van der Waals surface area (Å²) in [5.74, 6) is 0. The van der Waals surface area contributed by atoms with Gasteiger partial charge >= 0.3 is 0 Å². The lowest BCUT2D eigenvalue weighted by Crippen LogP contribution is -2.39. The molecule has 0 aromatic heterocycles. The fourth-order valence-electron chi connectivity index (χ4n) is 2.39. The van der Waals surface area contributed by atoms with Crippen LogP contribution in [0.4, 0.5) is 0 Å². The molecule has 148 valence electrons. The average molecular weight is 363 g/mol. The fraction of sp³-hybridized carbons (Fsp3) is 1.00. The highest BCUT2D eigenvalue weighted by Gasteiger charge is 2.33. The van der Waals surface area contributed by atoms with Crippen molar-refractivity contribution >= 4 is 0 Å². The lowest BCUT2D eigenvalue weighted by atomic mass is 9.88. The van der Waals surface area contributed by atoms with Gasteiger partial charge in [-0.15, -0.1) is 0 Å². The SMILES string of the molecule is CCC(COCC1CO1)(COCC1CO1)COC[C@H](O)CNCCO. The van der Waals surface area contributed by atoms with Gasteiger partial charge in [0.05, 0.1) is 65.6 Å². The third kappa shape index (κ3) is 9.25. The van der Waals surface area contributed by atoms with Crippen molar-refractivity contribution in [2.75, 3.05) is 72.6 Å². The summed E-state index contributed by atoms with van der Waals surface area (Å²) in [6.07, 6.45) is 0.706. The minimum Gasteiger partial charge on any atom is -0.395 e. The van der Waals surface area contributed by atoms with Gasteiger partial charge in [0.1, 0.15) is 12.2 Å². The number of hydrogen-bond acceptors (Lipinski definition) is 8. The lowest BCUT2D eigenvalue weighted by Gasteiger charge is -2.32. The first-order chi connectivity index (χ1) is 12.2. The number of nitrogens with one attached hydrogen (secondary N) is 1. The molecular formula is C17H33NO7. The largest absolute Gasteiger partial charge is 0.395 e. The zero-order valence-corrected chi connectivity index (χ0v) is 15.2. The van der Waals surface area contributed by atoms with Gasteiger partial charge in [-0.1, -0.05) is 6.92 Å². The zero-order valence-electron chi connectivity index (χ0n) is 15.2. The van der Waals surface area contributed by atoms with Gasteiger partial charge in [0.15, 0.2) is 0 Å². The standard InChI is InChI=1S/C17H33NO7/c1-2-17(12-22-7-15-9-24-15,13-23-8-16-10-25-16)11-21-6-14(20)5-18-3-4-19/h14-16,18-20H,2-13H2,1H3/t14-,15?,16?,17?/m1/s1. The molecule has 0 radical (unpaired) electrons. The Labute approximate surface area is 149 Å². The van der Waals surface area contributed by atoms with E-state index in [0.29, 0.717) is 46.1 Å². The van der Waals surface area contributed by atoms with Crippen LogP contribution in [-0.4, -0.2) is 101 Å². The van der Waals surface area contributed by atoms with Gasteiger partial charge in [0.25, 0.3) is 0 Å². The van der Waals surface area contributed by atoms with Crippen molar-refractivity contribution in [2.45, 2.75) is 31.7 Å². The molecule has 3 N–H and O–H groups in total. The molecule has 25 heavy (non-hydrogen) atoms. The second kappa shape index (κ2) is 11.4. The summed E-state index contributed by atoms with van der Waals surface area (Å²) in [6, 6.07) is 0. The summed E-state index contributed by atoms with van der Waals surface area (Å²) in [4.78, 5) is 0. The Bertz CT molecular complexity index is 332. The van der Waals surface area contributed by atoms with Crippen LogP contribution in [-0.2, 0) is 23.7 Å². The number of ether oxygens (including phenoxy) is 5. The van der Waals surface area contributed by atoms with Crippen LogP contribution in [0.1, 0.15) is 13.3 Å². The predicted octanol–water partition coefficient (Wildman–Crippen LogP) is -0.827. The topological polar surface area (TPSA) is 105 Å². The summed E-state index contributed by atoms with van der Waals surface area (Å²) < 4.78 is 27.7. The quantitative estimate of drug-likeness (QED) is 0.227. The van der Waals surface area contributed by atoms with Crippen LogP contribution in [0.3, 0.4) is 0 Å². The molecule has 0 saturated carbocycles. The van der Waals surface area contributed by atoms with Gasteiger partial charge in [0.2, 0.25) is 0 Å². The molecule has 2 heterocycles. The Morgan fingerprint density at radius 2 is 1.64 bits per heavy atom. The fourth-order valence-corrected chi connectivity index (χ4v) is 2.39. The summed E-state index contributed by atoms with van der Waals surface area (Å²) in [5.41, 5.74) is -0.248. The molecule has 2 aliphatic rings. The third-order valence-corrected chi connectivity index (χ3v) is 4.37. The lowest BCUT2D eigenvalue weighted by molar-refractivity contribution is -0.0853. The predicted molar refractivity (Wildman–Crippen MR) is 90.6 cm³/mol. The van der Waals surface area contributed by atoms with Crippen LogP contribution in [0, 0.1) is 5.41 Å². The Hall–Kier alpha value is -0.320. The van der Waals surface area contributed by atoms with Crippen molar-refractivity contribution in [2.24, 2.45) is 5.41 Å². The highest BCUT2D eigenvalue weighted by Crippen LogP contribution is 2.25. The monoisotopic (exact) mass is 363 g/mol. The molecule has 2 aliphatic heterocycles. The summed E-state index contributed by atoms with van der Waals surface area (Å²) in [7, 11) is 0. The minimum absolute atomic E-state index is 0.0522. The molecular weight excluding hydrogens is 330 g/mol. The van der Waals surface area contributed by atoms with E-state index >= 15 is 0 Å². The van der Waals surface area contributed by atoms with E-state index in [0.717, 1.165) is 19.6 Å². The van der Waals surface area contributed by atoms with Crippen molar-refractivity contribution in [3.05, 3.63) is 0 Å². The Balaban J connectivity index is 1.69. The number of hydrogen-bond donors (Lipinski definition) is 3. The van der Waals surface area contributed by atoms with E-state index in [4.69, 9.17) is 28.8 Å². The second-order valence-electron chi connectivity index (χ2n) is 6.89. The minimum atomic E-state index is -0.609. The van der Waals surface area contributed by atoms with Crippen LogP contribution in [0.2, 0.25) is 0 Å². The van der Waals surface area contributed by atoms with Gasteiger partial charge < -0.3 is 39.2 Å². The van der Waals surface area contributed by atoms with Crippen molar-refractivity contribution < 1.29 is 33.9 Å². The van der Waals surface area contributed by atoms with Crippen LogP contribution >= 0.6 is 0 Å². The first-order valence-corrected chi connectivity index (χ1v) is 9.13. The first-order valence-electron chi connectivity index (χ1n) is 9.13. The van der Waals surface area contributed by atoms with Gasteiger partial charge in [-0.05, 0) is 6.42 Å². The van der Waals surface area contributed by atoms with Gasteiger partial charge in [-0.25, -0.2) is 0 Å². The molecule has 0 aromatic carbocycles. The van der Waals surface area contributed by atoms with E-state index in [2.05, 4.69) is 12.2 Å². The first kappa shape index (κ1) is 21.0. The average Bonchev–Trinajstić information content (AvgIpc) is 3.50. The molecule has 2 rings (SSSR count). The van der Waals surface area contributed by atoms with Crippen LogP contribution < -0.4 is 5.32 Å². The van der Waals surface area contributed by atoms with Crippen LogP contribution in [0.5, 0.6) is 0 Å². The van der Waals surface area contributed by atoms with E-state index < -0.39 is 6.10 Å². The van der Waals surface area contributed by atoms with Crippen LogP contribution in [0.25, 0.3) is 0 Å². The normalized spacial score (nSPS) is 25.6. The molecule has 2 saturated heterocycles. The molecule has 0 spiro atoms. The second-order valence-corrected chi connectivity index (χ2v) is 6.89. The van der Waals surface area contributed by atoms with Gasteiger partial charge in [0, 0.05) is 18.5 Å². The number of aliphatic hydroxyl groups excluding tert-OH is 2. The maximum absolute atomic E-state index is 9.89. The van der Waals surface area contributed by atoms with Crippen molar-refractivity contribution in [3.63, 3.8) is 0 Å². The highest BCUT2D eigenvalue weighted by molar-refractivity contribution is 4.80. The molecule has 2 unspecified atom stereocenters. The zero-order chi connectivity index (χ0) is 18.0. The molecule has 8 nitrogen and oxygen atoms in total. The molecule has 3 atom stereocenters. The van der Waals surface area contributed by atoms with Crippen molar-refractivity contribution in [1.82, 2.24) is 5.32 Å². The van der Waals surface area contributed by atoms with Crippen LogP contribution in [0.15, 0.2) is 0 Å². The maximum atomic E-state index is 9.89. The molecule has 2 fully saturated rings. The number of epoxide rings is 2. The van der Waals surface area contributed by atoms with Gasteiger partial charge in [-0.2, -0.15) is 0 Å². The molecule has 0 amide bonds. The van der Waals surface area contributed by atoms with Crippen molar-refractivity contribution in [3.8, 4) is 0 Å². The molecule has 0 aromatic rings. The third-order valence-electron chi connectivity index (χ3n) is 4.37. The Kier molecular flexibility index (Phi) is 9.57. The summed E-state index contributed by atoms with van der Waals surface area (Å²) in [5, 5.41) is 21.6. The maximum Gasteiger partial charge on any atom is 0.104 e. The Morgan fingerprint density at radius 3 is 2.12 bits per heavy atom. The summed E-state index contributed by atoms with van der Waals surface area (Å²) in [6.45, 7) is 7.51. The molecule has 0 aliphatic carbocycles.